The molecular formula is C13H22O3. The molecule has 0 rings (SSSR count). The van der Waals surface area contributed by atoms with E-state index in [9.17, 15) is 9.59 Å². The van der Waals surface area contributed by atoms with Crippen molar-refractivity contribution in [3.63, 3.8) is 0 Å². The molecule has 0 saturated carbocycles. The summed E-state index contributed by atoms with van der Waals surface area (Å²) in [5, 5.41) is 0. The van der Waals surface area contributed by atoms with E-state index < -0.39 is 0 Å². The summed E-state index contributed by atoms with van der Waals surface area (Å²) in [6, 6.07) is 0. The molecule has 16 heavy (non-hydrogen) atoms. The Hall–Kier alpha value is -1.12. The normalized spacial score (nSPS) is 12.7. The third-order valence-electron chi connectivity index (χ3n) is 2.18. The molecule has 1 unspecified atom stereocenters. The van der Waals surface area contributed by atoms with Crippen molar-refractivity contribution in [2.75, 3.05) is 0 Å². The Kier molecular flexibility index (Phi) is 8.49. The Morgan fingerprint density at radius 3 is 2.56 bits per heavy atom. The van der Waals surface area contributed by atoms with Crippen LogP contribution in [0.3, 0.4) is 0 Å². The smallest absolute Gasteiger partial charge is 0.302 e. The molecule has 0 N–H and O–H groups in total. The van der Waals surface area contributed by atoms with Crippen LogP contribution in [0.15, 0.2) is 12.2 Å². The van der Waals surface area contributed by atoms with E-state index in [0.717, 1.165) is 19.3 Å². The van der Waals surface area contributed by atoms with E-state index in [4.69, 9.17) is 4.74 Å². The number of hydrogen-bond donors (Lipinski definition) is 0. The van der Waals surface area contributed by atoms with Crippen molar-refractivity contribution in [1.29, 1.82) is 0 Å². The summed E-state index contributed by atoms with van der Waals surface area (Å²) in [6.07, 6.45) is 7.43. The van der Waals surface area contributed by atoms with Crippen molar-refractivity contribution in [2.24, 2.45) is 0 Å². The number of carbonyl (C=O) groups excluding carboxylic acids is 2. The van der Waals surface area contributed by atoms with Crippen LogP contribution in [0.4, 0.5) is 0 Å². The summed E-state index contributed by atoms with van der Waals surface area (Å²) < 4.78 is 4.97. The molecule has 0 saturated heterocycles. The summed E-state index contributed by atoms with van der Waals surface area (Å²) in [4.78, 5) is 22.0. The molecule has 0 aliphatic carbocycles. The minimum Gasteiger partial charge on any atom is -0.463 e. The second-order valence-corrected chi connectivity index (χ2v) is 3.93. The molecule has 0 aliphatic rings. The summed E-state index contributed by atoms with van der Waals surface area (Å²) in [7, 11) is 0. The molecule has 0 aromatic rings. The predicted molar refractivity (Wildman–Crippen MR) is 64.1 cm³/mol. The first kappa shape index (κ1) is 14.9. The first-order valence-electron chi connectivity index (χ1n) is 5.90. The Bertz CT molecular complexity index is 244. The molecule has 0 radical (unpaired) electrons. The minimum absolute atomic E-state index is 0.0866. The van der Waals surface area contributed by atoms with Gasteiger partial charge in [0.15, 0.2) is 0 Å². The zero-order chi connectivity index (χ0) is 12.4. The number of ether oxygens (including phenoxy) is 1. The molecule has 1 atom stereocenters. The molecule has 0 aliphatic heterocycles. The minimum atomic E-state index is -0.260. The Morgan fingerprint density at radius 2 is 2.00 bits per heavy atom. The average molecular weight is 226 g/mol. The van der Waals surface area contributed by atoms with E-state index >= 15 is 0 Å². The molecule has 3 heteroatoms. The molecule has 0 aromatic heterocycles. The highest BCUT2D eigenvalue weighted by Gasteiger charge is 2.06. The third-order valence-corrected chi connectivity index (χ3v) is 2.18. The predicted octanol–water partition coefficient (Wildman–Crippen LogP) is 3.03. The largest absolute Gasteiger partial charge is 0.463 e. The molecule has 0 fully saturated rings. The zero-order valence-corrected chi connectivity index (χ0v) is 10.5. The summed E-state index contributed by atoms with van der Waals surface area (Å²) in [6.45, 7) is 5.29. The molecule has 92 valence electrons. The lowest BCUT2D eigenvalue weighted by Crippen LogP contribution is -2.12. The second-order valence-electron chi connectivity index (χ2n) is 3.93. The molecule has 0 spiro atoms. The summed E-state index contributed by atoms with van der Waals surface area (Å²) >= 11 is 0. The van der Waals surface area contributed by atoms with E-state index in [1.165, 1.54) is 6.92 Å². The fraction of sp³-hybridized carbons (Fsp3) is 0.692. The Balaban J connectivity index is 3.53. The van der Waals surface area contributed by atoms with Crippen molar-refractivity contribution in [3.8, 4) is 0 Å². The van der Waals surface area contributed by atoms with E-state index in [2.05, 4.69) is 0 Å². The maximum absolute atomic E-state index is 11.4. The Labute approximate surface area is 97.9 Å². The van der Waals surface area contributed by atoms with E-state index in [-0.39, 0.29) is 17.9 Å². The molecule has 0 amide bonds. The van der Waals surface area contributed by atoms with Gasteiger partial charge in [-0.25, -0.2) is 0 Å². The van der Waals surface area contributed by atoms with Crippen LogP contribution in [0.2, 0.25) is 0 Å². The maximum Gasteiger partial charge on any atom is 0.302 e. The fourth-order valence-corrected chi connectivity index (χ4v) is 1.41. The SMILES string of the molecule is CC/C=C/CC(=O)CCCC(C)OC(C)=O. The van der Waals surface area contributed by atoms with Crippen LogP contribution in [0.5, 0.6) is 0 Å². The molecule has 3 nitrogen and oxygen atoms in total. The van der Waals surface area contributed by atoms with E-state index in [1.807, 2.05) is 26.0 Å². The number of allylic oxidation sites excluding steroid dienone is 2. The molecule has 0 heterocycles. The van der Waals surface area contributed by atoms with E-state index in [0.29, 0.717) is 12.8 Å². The van der Waals surface area contributed by atoms with Crippen LogP contribution in [-0.4, -0.2) is 17.9 Å². The first-order valence-corrected chi connectivity index (χ1v) is 5.90. The zero-order valence-electron chi connectivity index (χ0n) is 10.5. The van der Waals surface area contributed by atoms with Gasteiger partial charge in [-0.2, -0.15) is 0 Å². The highest BCUT2D eigenvalue weighted by Crippen LogP contribution is 2.06. The maximum atomic E-state index is 11.4. The second kappa shape index (κ2) is 9.13. The topological polar surface area (TPSA) is 43.4 Å². The van der Waals surface area contributed by atoms with Crippen LogP contribution in [-0.2, 0) is 14.3 Å². The average Bonchev–Trinajstić information content (AvgIpc) is 2.17. The van der Waals surface area contributed by atoms with Crippen LogP contribution in [0.1, 0.15) is 52.9 Å². The van der Waals surface area contributed by atoms with Crippen molar-refractivity contribution in [3.05, 3.63) is 12.2 Å². The van der Waals surface area contributed by atoms with E-state index in [1.54, 1.807) is 0 Å². The van der Waals surface area contributed by atoms with Gasteiger partial charge < -0.3 is 4.74 Å². The quantitative estimate of drug-likeness (QED) is 0.472. The lowest BCUT2D eigenvalue weighted by atomic mass is 10.1. The molecule has 0 aromatic carbocycles. The number of hydrogen-bond acceptors (Lipinski definition) is 3. The van der Waals surface area contributed by atoms with Crippen LogP contribution in [0, 0.1) is 0 Å². The van der Waals surface area contributed by atoms with Crippen molar-refractivity contribution >= 4 is 11.8 Å². The van der Waals surface area contributed by atoms with Gasteiger partial charge in [-0.3, -0.25) is 9.59 Å². The third kappa shape index (κ3) is 9.44. The number of esters is 1. The first-order chi connectivity index (χ1) is 7.56. The van der Waals surface area contributed by atoms with Gasteiger partial charge in [0, 0.05) is 19.8 Å². The van der Waals surface area contributed by atoms with Gasteiger partial charge >= 0.3 is 5.97 Å². The van der Waals surface area contributed by atoms with Gasteiger partial charge in [-0.15, -0.1) is 0 Å². The lowest BCUT2D eigenvalue weighted by Gasteiger charge is -2.10. The van der Waals surface area contributed by atoms with Gasteiger partial charge in [0.05, 0.1) is 6.10 Å². The van der Waals surface area contributed by atoms with Gasteiger partial charge in [0.1, 0.15) is 5.78 Å². The number of carbonyl (C=O) groups is 2. The highest BCUT2D eigenvalue weighted by atomic mass is 16.5. The lowest BCUT2D eigenvalue weighted by molar-refractivity contribution is -0.145. The fourth-order valence-electron chi connectivity index (χ4n) is 1.41. The Morgan fingerprint density at radius 1 is 1.31 bits per heavy atom. The standard InChI is InChI=1S/C13H22O3/c1-4-5-6-9-13(15)10-7-8-11(2)16-12(3)14/h5-6,11H,4,7-10H2,1-3H3/b6-5+. The van der Waals surface area contributed by atoms with Crippen LogP contribution in [0.25, 0.3) is 0 Å². The highest BCUT2D eigenvalue weighted by molar-refractivity contribution is 5.79. The molecular weight excluding hydrogens is 204 g/mol. The van der Waals surface area contributed by atoms with Gasteiger partial charge in [0.2, 0.25) is 0 Å². The van der Waals surface area contributed by atoms with Crippen molar-refractivity contribution in [2.45, 2.75) is 59.0 Å². The molecule has 0 bridgehead atoms. The van der Waals surface area contributed by atoms with Gasteiger partial charge in [0.25, 0.3) is 0 Å². The summed E-state index contributed by atoms with van der Waals surface area (Å²) in [5.74, 6) is -0.00979. The summed E-state index contributed by atoms with van der Waals surface area (Å²) in [5.41, 5.74) is 0. The van der Waals surface area contributed by atoms with Gasteiger partial charge in [-0.1, -0.05) is 19.1 Å². The van der Waals surface area contributed by atoms with Crippen LogP contribution < -0.4 is 0 Å². The monoisotopic (exact) mass is 226 g/mol. The van der Waals surface area contributed by atoms with Crippen molar-refractivity contribution in [1.82, 2.24) is 0 Å². The van der Waals surface area contributed by atoms with Crippen LogP contribution >= 0.6 is 0 Å². The van der Waals surface area contributed by atoms with Crippen molar-refractivity contribution < 1.29 is 14.3 Å². The number of ketones is 1. The number of Topliss-reactive ketones (excluding diaryl/α,β-unsaturated/α-hetero) is 1. The van der Waals surface area contributed by atoms with Gasteiger partial charge in [-0.05, 0) is 26.2 Å². The number of rotatable bonds is 8.